The van der Waals surface area contributed by atoms with Crippen molar-refractivity contribution >= 4 is 22.7 Å². The summed E-state index contributed by atoms with van der Waals surface area (Å²) in [7, 11) is 0. The van der Waals surface area contributed by atoms with Gasteiger partial charge in [-0.15, -0.1) is 0 Å². The summed E-state index contributed by atoms with van der Waals surface area (Å²) in [5.74, 6) is 0. The molecule has 35 heavy (non-hydrogen) atoms. The Morgan fingerprint density at radius 3 is 1.94 bits per heavy atom. The molecule has 172 valence electrons. The summed E-state index contributed by atoms with van der Waals surface area (Å²) in [5, 5.41) is 0. The fraction of sp³-hybridized carbons (Fsp3) is 0.182. The molecule has 0 bridgehead atoms. The number of aryl methyl sites for hydroxylation is 3. The maximum atomic E-state index is 5.17. The van der Waals surface area contributed by atoms with Gasteiger partial charge in [0.1, 0.15) is 0 Å². The van der Waals surface area contributed by atoms with E-state index < -0.39 is 0 Å². The highest BCUT2D eigenvalue weighted by Crippen LogP contribution is 2.48. The van der Waals surface area contributed by atoms with Gasteiger partial charge in [0.15, 0.2) is 0 Å². The first-order valence-electron chi connectivity index (χ1n) is 12.4. The van der Waals surface area contributed by atoms with E-state index in [1.165, 1.54) is 61.5 Å². The standard InChI is InChI=1S/C33H30N2/c1-21-11-5-7-13-26(21)29-19-25(18-17-23(29)3)35-30-16-10-9-15-28(30)32-24(4)33(34-20-31(32)35)27-14-8-6-12-22(27)2/h5-19,31H,20H2,1-4H3. The molecule has 2 aliphatic rings. The molecule has 0 N–H and O–H groups in total. The van der Waals surface area contributed by atoms with E-state index in [-0.39, 0.29) is 6.04 Å². The minimum absolute atomic E-state index is 0.201. The molecule has 2 nitrogen and oxygen atoms in total. The topological polar surface area (TPSA) is 15.6 Å². The maximum Gasteiger partial charge on any atom is 0.0797 e. The predicted octanol–water partition coefficient (Wildman–Crippen LogP) is 8.08. The van der Waals surface area contributed by atoms with Gasteiger partial charge < -0.3 is 4.90 Å². The molecule has 2 heterocycles. The lowest BCUT2D eigenvalue weighted by atomic mass is 9.88. The van der Waals surface area contributed by atoms with Crippen molar-refractivity contribution in [1.29, 1.82) is 0 Å². The second-order valence-corrected chi connectivity index (χ2v) is 9.76. The van der Waals surface area contributed by atoms with Crippen LogP contribution in [0.3, 0.4) is 0 Å². The van der Waals surface area contributed by atoms with Crippen LogP contribution in [0.2, 0.25) is 0 Å². The van der Waals surface area contributed by atoms with Crippen molar-refractivity contribution in [2.24, 2.45) is 4.99 Å². The molecule has 6 rings (SSSR count). The Bertz CT molecular complexity index is 1520. The lowest BCUT2D eigenvalue weighted by molar-refractivity contribution is 0.815. The first-order chi connectivity index (χ1) is 17.0. The zero-order valence-electron chi connectivity index (χ0n) is 20.8. The zero-order chi connectivity index (χ0) is 24.1. The number of para-hydroxylation sites is 1. The fourth-order valence-electron chi connectivity index (χ4n) is 5.81. The van der Waals surface area contributed by atoms with E-state index in [9.17, 15) is 0 Å². The van der Waals surface area contributed by atoms with Crippen LogP contribution in [-0.2, 0) is 0 Å². The van der Waals surface area contributed by atoms with E-state index in [2.05, 4.69) is 124 Å². The van der Waals surface area contributed by atoms with Crippen LogP contribution in [0, 0.1) is 20.8 Å². The number of aliphatic imine (C=N–C) groups is 1. The van der Waals surface area contributed by atoms with Crippen molar-refractivity contribution in [3.8, 4) is 11.1 Å². The molecule has 2 heteroatoms. The SMILES string of the molecule is CC1=C2c3ccccc3N(c3ccc(C)c(-c4ccccc4C)c3)C2CN=C1c1ccccc1C. The Kier molecular flexibility index (Phi) is 5.18. The van der Waals surface area contributed by atoms with E-state index >= 15 is 0 Å². The highest BCUT2D eigenvalue weighted by Gasteiger charge is 2.38. The number of hydrogen-bond acceptors (Lipinski definition) is 2. The van der Waals surface area contributed by atoms with Crippen LogP contribution in [0.15, 0.2) is 102 Å². The van der Waals surface area contributed by atoms with Crippen LogP contribution in [0.25, 0.3) is 16.7 Å². The number of hydrogen-bond donors (Lipinski definition) is 0. The number of nitrogens with zero attached hydrogens (tertiary/aromatic N) is 2. The molecule has 2 aliphatic heterocycles. The number of benzene rings is 4. The smallest absolute Gasteiger partial charge is 0.0797 e. The lowest BCUT2D eigenvalue weighted by Gasteiger charge is -2.31. The molecule has 0 aromatic heterocycles. The van der Waals surface area contributed by atoms with Gasteiger partial charge in [0.25, 0.3) is 0 Å². The summed E-state index contributed by atoms with van der Waals surface area (Å²) >= 11 is 0. The molecule has 0 saturated heterocycles. The summed E-state index contributed by atoms with van der Waals surface area (Å²) in [6.45, 7) is 9.58. The number of fused-ring (bicyclic) bond motifs is 3. The highest BCUT2D eigenvalue weighted by atomic mass is 15.2. The van der Waals surface area contributed by atoms with Gasteiger partial charge in [-0.05, 0) is 84.9 Å². The fourth-order valence-corrected chi connectivity index (χ4v) is 5.81. The van der Waals surface area contributed by atoms with E-state index in [1.54, 1.807) is 0 Å². The maximum absolute atomic E-state index is 5.17. The van der Waals surface area contributed by atoms with Crippen molar-refractivity contribution in [1.82, 2.24) is 0 Å². The van der Waals surface area contributed by atoms with E-state index in [0.717, 1.165) is 12.3 Å². The number of dihydropyridines is 1. The van der Waals surface area contributed by atoms with Crippen LogP contribution >= 0.6 is 0 Å². The summed E-state index contributed by atoms with van der Waals surface area (Å²) < 4.78 is 0. The Hall–Kier alpha value is -3.91. The Labute approximate surface area is 208 Å². The third-order valence-electron chi connectivity index (χ3n) is 7.61. The average Bonchev–Trinajstić information content (AvgIpc) is 3.21. The monoisotopic (exact) mass is 454 g/mol. The Morgan fingerprint density at radius 1 is 0.629 bits per heavy atom. The molecule has 0 amide bonds. The van der Waals surface area contributed by atoms with Crippen molar-refractivity contribution in [2.75, 3.05) is 11.4 Å². The first-order valence-corrected chi connectivity index (χ1v) is 12.4. The summed E-state index contributed by atoms with van der Waals surface area (Å²) in [4.78, 5) is 7.68. The molecule has 1 unspecified atom stereocenters. The molecule has 0 aliphatic carbocycles. The van der Waals surface area contributed by atoms with E-state index in [0.29, 0.717) is 0 Å². The van der Waals surface area contributed by atoms with Crippen LogP contribution < -0.4 is 4.90 Å². The molecule has 0 saturated carbocycles. The molecule has 0 spiro atoms. The van der Waals surface area contributed by atoms with Gasteiger partial charge in [0.2, 0.25) is 0 Å². The quantitative estimate of drug-likeness (QED) is 0.305. The van der Waals surface area contributed by atoms with Crippen LogP contribution in [-0.4, -0.2) is 18.3 Å². The lowest BCUT2D eigenvalue weighted by Crippen LogP contribution is -2.33. The summed E-state index contributed by atoms with van der Waals surface area (Å²) in [6.07, 6.45) is 0. The molecule has 4 aromatic rings. The van der Waals surface area contributed by atoms with Gasteiger partial charge in [-0.1, -0.05) is 72.8 Å². The largest absolute Gasteiger partial charge is 0.331 e. The summed E-state index contributed by atoms with van der Waals surface area (Å²) in [6, 6.07) is 33.2. The van der Waals surface area contributed by atoms with Gasteiger partial charge in [-0.3, -0.25) is 4.99 Å². The second-order valence-electron chi connectivity index (χ2n) is 9.76. The van der Waals surface area contributed by atoms with Gasteiger partial charge in [-0.25, -0.2) is 0 Å². The van der Waals surface area contributed by atoms with Crippen molar-refractivity contribution in [3.05, 3.63) is 124 Å². The third kappa shape index (κ3) is 3.44. The van der Waals surface area contributed by atoms with Gasteiger partial charge in [0.05, 0.1) is 18.3 Å². The van der Waals surface area contributed by atoms with Gasteiger partial charge in [-0.2, -0.15) is 0 Å². The molecular formula is C33H30N2. The normalized spacial score (nSPS) is 16.7. The van der Waals surface area contributed by atoms with Crippen LogP contribution in [0.5, 0.6) is 0 Å². The second kappa shape index (κ2) is 8.39. The molecular weight excluding hydrogens is 424 g/mol. The van der Waals surface area contributed by atoms with Crippen molar-refractivity contribution in [3.63, 3.8) is 0 Å². The van der Waals surface area contributed by atoms with Crippen molar-refractivity contribution in [2.45, 2.75) is 33.7 Å². The number of anilines is 2. The minimum atomic E-state index is 0.201. The Morgan fingerprint density at radius 2 is 1.23 bits per heavy atom. The van der Waals surface area contributed by atoms with Gasteiger partial charge in [0, 0.05) is 22.5 Å². The highest BCUT2D eigenvalue weighted by molar-refractivity contribution is 6.20. The van der Waals surface area contributed by atoms with Crippen molar-refractivity contribution < 1.29 is 0 Å². The van der Waals surface area contributed by atoms with E-state index in [1.807, 2.05) is 0 Å². The van der Waals surface area contributed by atoms with Crippen LogP contribution in [0.4, 0.5) is 11.4 Å². The first kappa shape index (κ1) is 21.6. The number of rotatable bonds is 3. The molecule has 4 aromatic carbocycles. The summed E-state index contributed by atoms with van der Waals surface area (Å²) in [5.41, 5.74) is 15.4. The molecule has 0 radical (unpaired) electrons. The minimum Gasteiger partial charge on any atom is -0.331 e. The van der Waals surface area contributed by atoms with E-state index in [4.69, 9.17) is 4.99 Å². The third-order valence-corrected chi connectivity index (χ3v) is 7.61. The molecule has 0 fully saturated rings. The zero-order valence-corrected chi connectivity index (χ0v) is 20.8. The number of allylic oxidation sites excluding steroid dienone is 1. The van der Waals surface area contributed by atoms with Gasteiger partial charge >= 0.3 is 0 Å². The van der Waals surface area contributed by atoms with Crippen LogP contribution in [0.1, 0.15) is 34.7 Å². The average molecular weight is 455 g/mol. The molecule has 1 atom stereocenters. The Balaban J connectivity index is 1.50. The predicted molar refractivity (Wildman–Crippen MR) is 149 cm³/mol.